The van der Waals surface area contributed by atoms with Crippen LogP contribution in [0.25, 0.3) is 4.85 Å². The number of carbonyl (C=O) groups excluding carboxylic acids is 1. The Kier molecular flexibility index (Phi) is 3.27. The van der Waals surface area contributed by atoms with Crippen molar-refractivity contribution in [3.05, 3.63) is 40.5 Å². The molecule has 0 saturated carbocycles. The highest BCUT2D eigenvalue weighted by Crippen LogP contribution is 2.27. The Labute approximate surface area is 88.5 Å². The van der Waals surface area contributed by atoms with Crippen LogP contribution in [0.1, 0.15) is 16.8 Å². The molecule has 3 nitrogen and oxygen atoms in total. The Morgan fingerprint density at radius 3 is 2.56 bits per heavy atom. The molecule has 0 atom stereocenters. The third kappa shape index (κ3) is 1.86. The van der Waals surface area contributed by atoms with Gasteiger partial charge in [0.25, 0.3) is 5.69 Å². The van der Waals surface area contributed by atoms with Gasteiger partial charge in [-0.05, 0) is 6.07 Å². The van der Waals surface area contributed by atoms with Gasteiger partial charge in [-0.25, -0.2) is 18.0 Å². The summed E-state index contributed by atoms with van der Waals surface area (Å²) in [4.78, 5) is 13.6. The van der Waals surface area contributed by atoms with Gasteiger partial charge in [-0.15, -0.1) is 0 Å². The van der Waals surface area contributed by atoms with E-state index in [0.29, 0.717) is 6.07 Å². The van der Waals surface area contributed by atoms with E-state index in [4.69, 9.17) is 11.8 Å². The molecule has 0 N–H and O–H groups in total. The number of carbonyl (C=O) groups is 1. The van der Waals surface area contributed by atoms with Crippen molar-refractivity contribution in [1.29, 1.82) is 5.26 Å². The smallest absolute Gasteiger partial charge is 0.259 e. The number of nitrogens with zero attached hydrogens (tertiary/aromatic N) is 2. The van der Waals surface area contributed by atoms with E-state index in [9.17, 15) is 18.0 Å². The maximum atomic E-state index is 13.2. The highest BCUT2D eigenvalue weighted by atomic mass is 19.2. The second-order valence-electron chi connectivity index (χ2n) is 2.75. The lowest BCUT2D eigenvalue weighted by Crippen LogP contribution is -2.05. The Balaban J connectivity index is 3.42. The van der Waals surface area contributed by atoms with Crippen LogP contribution in [0, 0.1) is 35.4 Å². The van der Waals surface area contributed by atoms with Gasteiger partial charge in [0.05, 0.1) is 24.6 Å². The molecule has 0 heterocycles. The fourth-order valence-electron chi connectivity index (χ4n) is 1.06. The highest BCUT2D eigenvalue weighted by molar-refractivity contribution is 5.98. The molecule has 1 aromatic carbocycles. The van der Waals surface area contributed by atoms with E-state index >= 15 is 0 Å². The Hall–Kier alpha value is -2.34. The summed E-state index contributed by atoms with van der Waals surface area (Å²) < 4.78 is 39.3. The summed E-state index contributed by atoms with van der Waals surface area (Å²) in [7, 11) is 0. The van der Waals surface area contributed by atoms with Gasteiger partial charge in [0.2, 0.25) is 0 Å². The minimum absolute atomic E-state index is 0.422. The molecule has 0 aliphatic carbocycles. The predicted octanol–water partition coefficient (Wildman–Crippen LogP) is 2.75. The van der Waals surface area contributed by atoms with Gasteiger partial charge < -0.3 is 0 Å². The van der Waals surface area contributed by atoms with Crippen molar-refractivity contribution in [2.45, 2.75) is 6.42 Å². The average Bonchev–Trinajstić information content (AvgIpc) is 2.24. The maximum Gasteiger partial charge on any atom is 0.259 e. The average molecular weight is 224 g/mol. The molecule has 0 aliphatic heterocycles. The molecule has 0 amide bonds. The first kappa shape index (κ1) is 11.7. The first-order valence-electron chi connectivity index (χ1n) is 3.98. The van der Waals surface area contributed by atoms with Gasteiger partial charge in [-0.2, -0.15) is 5.26 Å². The minimum atomic E-state index is -1.71. The summed E-state index contributed by atoms with van der Waals surface area (Å²) in [5.41, 5.74) is -1.96. The standard InChI is InChI=1S/C10H3F3N2O/c1-15-10-6(11)4-5(7(16)2-3-14)8(12)9(10)13/h4H,2H2. The SMILES string of the molecule is [C-]#[N+]c1c(F)cc(C(=O)CC#N)c(F)c1F. The normalized spacial score (nSPS) is 9.31. The number of hydrogen-bond acceptors (Lipinski definition) is 2. The van der Waals surface area contributed by atoms with Crippen molar-refractivity contribution in [3.8, 4) is 6.07 Å². The lowest BCUT2D eigenvalue weighted by molar-refractivity contribution is 0.0992. The topological polar surface area (TPSA) is 45.2 Å². The van der Waals surface area contributed by atoms with Crippen LogP contribution in [0.5, 0.6) is 0 Å². The number of ketones is 1. The largest absolute Gasteiger partial charge is 0.293 e. The molecule has 0 aromatic heterocycles. The monoisotopic (exact) mass is 224 g/mol. The van der Waals surface area contributed by atoms with Gasteiger partial charge in [0, 0.05) is 0 Å². The molecule has 1 aromatic rings. The van der Waals surface area contributed by atoms with Crippen LogP contribution in [0.3, 0.4) is 0 Å². The Bertz CT molecular complexity index is 540. The van der Waals surface area contributed by atoms with E-state index in [2.05, 4.69) is 4.85 Å². The molecule has 0 unspecified atom stereocenters. The zero-order valence-corrected chi connectivity index (χ0v) is 7.72. The van der Waals surface area contributed by atoms with Gasteiger partial charge in [0.1, 0.15) is 5.82 Å². The molecule has 0 saturated heterocycles. The quantitative estimate of drug-likeness (QED) is 0.440. The summed E-state index contributed by atoms with van der Waals surface area (Å²) in [5, 5.41) is 8.20. The van der Waals surface area contributed by atoms with E-state index in [0.717, 1.165) is 0 Å². The molecule has 80 valence electrons. The number of Topliss-reactive ketones (excluding diaryl/α,β-unsaturated/α-hetero) is 1. The molecule has 0 aliphatic rings. The van der Waals surface area contributed by atoms with Crippen molar-refractivity contribution in [2.75, 3.05) is 0 Å². The molecule has 0 spiro atoms. The lowest BCUT2D eigenvalue weighted by atomic mass is 10.1. The third-order valence-electron chi connectivity index (χ3n) is 1.79. The van der Waals surface area contributed by atoms with Crippen molar-refractivity contribution in [1.82, 2.24) is 0 Å². The zero-order valence-electron chi connectivity index (χ0n) is 7.72. The van der Waals surface area contributed by atoms with Crippen molar-refractivity contribution in [3.63, 3.8) is 0 Å². The molecule has 0 bridgehead atoms. The first-order chi connectivity index (χ1) is 7.52. The zero-order chi connectivity index (χ0) is 12.3. The molecule has 16 heavy (non-hydrogen) atoms. The summed E-state index contributed by atoms with van der Waals surface area (Å²) in [6, 6.07) is 1.86. The lowest BCUT2D eigenvalue weighted by Gasteiger charge is -2.03. The van der Waals surface area contributed by atoms with Crippen LogP contribution in [-0.4, -0.2) is 5.78 Å². The molecule has 0 fully saturated rings. The summed E-state index contributed by atoms with van der Waals surface area (Å²) in [5.74, 6) is -5.67. The van der Waals surface area contributed by atoms with Crippen LogP contribution in [-0.2, 0) is 0 Å². The molecule has 0 radical (unpaired) electrons. The summed E-state index contributed by atoms with van der Waals surface area (Å²) >= 11 is 0. The van der Waals surface area contributed by atoms with Crippen molar-refractivity contribution >= 4 is 11.5 Å². The fraction of sp³-hybridized carbons (Fsp3) is 0.100. The van der Waals surface area contributed by atoms with Crippen LogP contribution in [0.2, 0.25) is 0 Å². The van der Waals surface area contributed by atoms with E-state index in [1.54, 1.807) is 0 Å². The number of halogens is 3. The fourth-order valence-corrected chi connectivity index (χ4v) is 1.06. The second-order valence-corrected chi connectivity index (χ2v) is 2.75. The molecule has 1 rings (SSSR count). The molecule has 6 heteroatoms. The molecular formula is C10H3F3N2O. The van der Waals surface area contributed by atoms with E-state index in [-0.39, 0.29) is 0 Å². The highest BCUT2D eigenvalue weighted by Gasteiger charge is 2.22. The van der Waals surface area contributed by atoms with Crippen LogP contribution in [0.15, 0.2) is 6.07 Å². The van der Waals surface area contributed by atoms with Crippen LogP contribution in [0.4, 0.5) is 18.9 Å². The third-order valence-corrected chi connectivity index (χ3v) is 1.79. The Morgan fingerprint density at radius 1 is 1.44 bits per heavy atom. The van der Waals surface area contributed by atoms with Gasteiger partial charge in [0.15, 0.2) is 17.4 Å². The van der Waals surface area contributed by atoms with E-state index < -0.39 is 40.9 Å². The van der Waals surface area contributed by atoms with Gasteiger partial charge >= 0.3 is 0 Å². The first-order valence-corrected chi connectivity index (χ1v) is 3.98. The summed E-state index contributed by atoms with van der Waals surface area (Å²) in [6.45, 7) is 6.42. The summed E-state index contributed by atoms with van der Waals surface area (Å²) in [6.07, 6.45) is -0.687. The number of rotatable bonds is 2. The van der Waals surface area contributed by atoms with Crippen LogP contribution < -0.4 is 0 Å². The molecular weight excluding hydrogens is 221 g/mol. The van der Waals surface area contributed by atoms with Crippen molar-refractivity contribution in [2.24, 2.45) is 0 Å². The predicted molar refractivity (Wildman–Crippen MR) is 47.1 cm³/mol. The maximum absolute atomic E-state index is 13.2. The van der Waals surface area contributed by atoms with E-state index in [1.165, 1.54) is 6.07 Å². The Morgan fingerprint density at radius 2 is 2.06 bits per heavy atom. The number of hydrogen-bond donors (Lipinski definition) is 0. The minimum Gasteiger partial charge on any atom is -0.293 e. The van der Waals surface area contributed by atoms with E-state index in [1.807, 2.05) is 0 Å². The van der Waals surface area contributed by atoms with Crippen LogP contribution >= 0.6 is 0 Å². The second kappa shape index (κ2) is 4.45. The van der Waals surface area contributed by atoms with Gasteiger partial charge in [-0.3, -0.25) is 4.79 Å². The van der Waals surface area contributed by atoms with Crippen molar-refractivity contribution < 1.29 is 18.0 Å². The number of benzene rings is 1. The number of nitriles is 1. The van der Waals surface area contributed by atoms with Gasteiger partial charge in [-0.1, -0.05) is 0 Å².